The highest BCUT2D eigenvalue weighted by Gasteiger charge is 2.08. The Morgan fingerprint density at radius 2 is 2.30 bits per heavy atom. The first-order valence-corrected chi connectivity index (χ1v) is 6.76. The fourth-order valence-corrected chi connectivity index (χ4v) is 1.94. The smallest absolute Gasteiger partial charge is 0.319 e. The van der Waals surface area contributed by atoms with E-state index in [1.54, 1.807) is 6.33 Å². The van der Waals surface area contributed by atoms with Crippen molar-refractivity contribution in [1.29, 1.82) is 0 Å². The van der Waals surface area contributed by atoms with E-state index in [2.05, 4.69) is 36.8 Å². The summed E-state index contributed by atoms with van der Waals surface area (Å²) in [5.74, 6) is 0.232. The van der Waals surface area contributed by atoms with Crippen molar-refractivity contribution in [1.82, 2.24) is 20.1 Å². The minimum Gasteiger partial charge on any atom is -0.331 e. The summed E-state index contributed by atoms with van der Waals surface area (Å²) >= 11 is 3.24. The molecular weight excluding hydrogens is 329 g/mol. The van der Waals surface area contributed by atoms with E-state index < -0.39 is 11.8 Å². The molecule has 0 unspecified atom stereocenters. The third-order valence-electron chi connectivity index (χ3n) is 2.62. The number of hydrogen-bond acceptors (Lipinski definition) is 3. The number of carbonyl (C=O) groups is 1. The second-order valence-corrected chi connectivity index (χ2v) is 4.82. The van der Waals surface area contributed by atoms with Crippen LogP contribution in [0.1, 0.15) is 12.7 Å². The molecule has 0 bridgehead atoms. The Bertz CT molecular complexity index is 616. The molecule has 6 nitrogen and oxygen atoms in total. The van der Waals surface area contributed by atoms with Crippen LogP contribution in [0.5, 0.6) is 0 Å². The van der Waals surface area contributed by atoms with E-state index in [1.807, 2.05) is 11.5 Å². The molecule has 2 amide bonds. The van der Waals surface area contributed by atoms with Crippen molar-refractivity contribution in [3.8, 4) is 0 Å². The highest BCUT2D eigenvalue weighted by Crippen LogP contribution is 2.22. The van der Waals surface area contributed by atoms with Crippen molar-refractivity contribution in [3.63, 3.8) is 0 Å². The summed E-state index contributed by atoms with van der Waals surface area (Å²) in [5, 5.41) is 12.9. The molecule has 0 atom stereocenters. The zero-order chi connectivity index (χ0) is 14.5. The van der Waals surface area contributed by atoms with Crippen LogP contribution in [-0.4, -0.2) is 20.8 Å². The Morgan fingerprint density at radius 3 is 3.05 bits per heavy atom. The van der Waals surface area contributed by atoms with Crippen molar-refractivity contribution in [2.45, 2.75) is 20.0 Å². The van der Waals surface area contributed by atoms with Crippen LogP contribution in [-0.2, 0) is 13.1 Å². The number of amides is 2. The maximum absolute atomic E-state index is 13.1. The van der Waals surface area contributed by atoms with E-state index in [9.17, 15) is 9.18 Å². The second kappa shape index (κ2) is 6.47. The van der Waals surface area contributed by atoms with E-state index in [0.717, 1.165) is 6.54 Å². The molecule has 106 valence electrons. The molecule has 0 saturated carbocycles. The Labute approximate surface area is 123 Å². The lowest BCUT2D eigenvalue weighted by molar-refractivity contribution is 0.251. The fraction of sp³-hybridized carbons (Fsp3) is 0.250. The molecule has 0 fully saturated rings. The van der Waals surface area contributed by atoms with Crippen LogP contribution >= 0.6 is 15.9 Å². The molecule has 0 saturated heterocycles. The molecule has 0 aliphatic carbocycles. The van der Waals surface area contributed by atoms with E-state index in [0.29, 0.717) is 16.0 Å². The maximum atomic E-state index is 13.1. The lowest BCUT2D eigenvalue weighted by atomic mass is 10.3. The summed E-state index contributed by atoms with van der Waals surface area (Å²) in [5.41, 5.74) is 0.361. The Morgan fingerprint density at radius 1 is 1.50 bits per heavy atom. The van der Waals surface area contributed by atoms with E-state index in [-0.39, 0.29) is 6.54 Å². The monoisotopic (exact) mass is 341 g/mol. The fourth-order valence-electron chi connectivity index (χ4n) is 1.60. The van der Waals surface area contributed by atoms with Gasteiger partial charge in [0, 0.05) is 11.0 Å². The van der Waals surface area contributed by atoms with Gasteiger partial charge in [-0.3, -0.25) is 0 Å². The van der Waals surface area contributed by atoms with Crippen molar-refractivity contribution < 1.29 is 9.18 Å². The lowest BCUT2D eigenvalue weighted by Gasteiger charge is -2.09. The standard InChI is InChI=1S/C12H13BrFN5O/c1-2-19-7-16-18-11(19)6-15-12(20)17-10-5-8(14)3-4-9(10)13/h3-5,7H,2,6H2,1H3,(H2,15,17,20). The number of anilines is 1. The highest BCUT2D eigenvalue weighted by molar-refractivity contribution is 9.10. The Hall–Kier alpha value is -1.96. The van der Waals surface area contributed by atoms with E-state index in [1.165, 1.54) is 18.2 Å². The SMILES string of the molecule is CCn1cnnc1CNC(=O)Nc1cc(F)ccc1Br. The number of halogens is 2. The van der Waals surface area contributed by atoms with Crippen molar-refractivity contribution in [3.05, 3.63) is 40.6 Å². The van der Waals surface area contributed by atoms with Crippen LogP contribution in [0.25, 0.3) is 0 Å². The van der Waals surface area contributed by atoms with Gasteiger partial charge in [-0.15, -0.1) is 10.2 Å². The number of urea groups is 1. The summed E-state index contributed by atoms with van der Waals surface area (Å²) in [6.45, 7) is 2.92. The molecule has 2 rings (SSSR count). The van der Waals surface area contributed by atoms with Gasteiger partial charge >= 0.3 is 6.03 Å². The van der Waals surface area contributed by atoms with E-state index in [4.69, 9.17) is 0 Å². The summed E-state index contributed by atoms with van der Waals surface area (Å²) in [7, 11) is 0. The largest absolute Gasteiger partial charge is 0.331 e. The molecule has 0 radical (unpaired) electrons. The summed E-state index contributed by atoms with van der Waals surface area (Å²) in [6, 6.07) is 3.62. The first-order chi connectivity index (χ1) is 9.60. The molecule has 2 N–H and O–H groups in total. The Balaban J connectivity index is 1.94. The molecule has 1 heterocycles. The predicted molar refractivity (Wildman–Crippen MR) is 75.7 cm³/mol. The minimum atomic E-state index is -0.443. The number of benzene rings is 1. The molecule has 0 aliphatic rings. The third kappa shape index (κ3) is 3.53. The predicted octanol–water partition coefficient (Wildman–Crippen LogP) is 2.52. The molecule has 0 aliphatic heterocycles. The number of hydrogen-bond donors (Lipinski definition) is 2. The number of nitrogens with one attached hydrogen (secondary N) is 2. The molecule has 2 aromatic rings. The number of aromatic nitrogens is 3. The van der Waals surface area contributed by atoms with Crippen molar-refractivity contribution >= 4 is 27.6 Å². The minimum absolute atomic E-state index is 0.243. The normalized spacial score (nSPS) is 10.3. The topological polar surface area (TPSA) is 71.8 Å². The van der Waals surface area contributed by atoms with Gasteiger partial charge in [0.25, 0.3) is 0 Å². The quantitative estimate of drug-likeness (QED) is 0.897. The number of aryl methyl sites for hydroxylation is 1. The van der Waals surface area contributed by atoms with Gasteiger partial charge in [0.05, 0.1) is 12.2 Å². The molecule has 0 spiro atoms. The van der Waals surface area contributed by atoms with Crippen LogP contribution in [0, 0.1) is 5.82 Å². The summed E-state index contributed by atoms with van der Waals surface area (Å²) in [6.07, 6.45) is 1.60. The third-order valence-corrected chi connectivity index (χ3v) is 3.31. The van der Waals surface area contributed by atoms with Gasteiger partial charge in [-0.2, -0.15) is 0 Å². The van der Waals surface area contributed by atoms with Crippen molar-refractivity contribution in [2.75, 3.05) is 5.32 Å². The number of carbonyl (C=O) groups excluding carboxylic acids is 1. The van der Waals surface area contributed by atoms with Crippen LogP contribution in [0.3, 0.4) is 0 Å². The second-order valence-electron chi connectivity index (χ2n) is 3.97. The Kier molecular flexibility index (Phi) is 4.67. The molecule has 1 aromatic carbocycles. The van der Waals surface area contributed by atoms with Crippen LogP contribution in [0.15, 0.2) is 29.0 Å². The van der Waals surface area contributed by atoms with Gasteiger partial charge in [-0.05, 0) is 41.1 Å². The van der Waals surface area contributed by atoms with E-state index >= 15 is 0 Å². The molecule has 1 aromatic heterocycles. The molecule has 20 heavy (non-hydrogen) atoms. The zero-order valence-corrected chi connectivity index (χ0v) is 12.3. The van der Waals surface area contributed by atoms with Crippen LogP contribution < -0.4 is 10.6 Å². The maximum Gasteiger partial charge on any atom is 0.319 e. The van der Waals surface area contributed by atoms with Gasteiger partial charge in [0.1, 0.15) is 12.1 Å². The lowest BCUT2D eigenvalue weighted by Crippen LogP contribution is -2.29. The van der Waals surface area contributed by atoms with Crippen LogP contribution in [0.4, 0.5) is 14.9 Å². The first-order valence-electron chi connectivity index (χ1n) is 5.96. The molecular formula is C12H13BrFN5O. The molecule has 8 heteroatoms. The zero-order valence-electron chi connectivity index (χ0n) is 10.7. The van der Waals surface area contributed by atoms with Crippen molar-refractivity contribution in [2.24, 2.45) is 0 Å². The van der Waals surface area contributed by atoms with Gasteiger partial charge in [-0.1, -0.05) is 0 Å². The number of nitrogens with zero attached hydrogens (tertiary/aromatic N) is 3. The van der Waals surface area contributed by atoms with Gasteiger partial charge < -0.3 is 15.2 Å². The average Bonchev–Trinajstić information content (AvgIpc) is 2.88. The van der Waals surface area contributed by atoms with Gasteiger partial charge in [-0.25, -0.2) is 9.18 Å². The summed E-state index contributed by atoms with van der Waals surface area (Å²) < 4.78 is 15.5. The van der Waals surface area contributed by atoms with Gasteiger partial charge in [0.15, 0.2) is 5.82 Å². The first kappa shape index (κ1) is 14.4. The average molecular weight is 342 g/mol. The number of rotatable bonds is 4. The summed E-state index contributed by atoms with van der Waals surface area (Å²) in [4.78, 5) is 11.7. The van der Waals surface area contributed by atoms with Crippen LogP contribution in [0.2, 0.25) is 0 Å². The highest BCUT2D eigenvalue weighted by atomic mass is 79.9. The van der Waals surface area contributed by atoms with Gasteiger partial charge in [0.2, 0.25) is 0 Å².